The molecule has 0 unspecified atom stereocenters. The van der Waals surface area contributed by atoms with Crippen molar-refractivity contribution in [1.82, 2.24) is 0 Å². The fourth-order valence-electron chi connectivity index (χ4n) is 2.79. The van der Waals surface area contributed by atoms with Gasteiger partial charge in [0.2, 0.25) is 0 Å². The van der Waals surface area contributed by atoms with Crippen LogP contribution >= 0.6 is 0 Å². The number of carbonyl (C=O) groups is 2. The summed E-state index contributed by atoms with van der Waals surface area (Å²) in [6.45, 7) is 0.792. The Bertz CT molecular complexity index is 784. The average molecular weight is 354 g/mol. The topological polar surface area (TPSA) is 65.7 Å². The molecule has 4 rings (SSSR count). The second-order valence-electron chi connectivity index (χ2n) is 7.19. The molecule has 5 nitrogen and oxygen atoms in total. The molecule has 1 aromatic carbocycles. The molecule has 0 bridgehead atoms. The van der Waals surface area contributed by atoms with Crippen LogP contribution in [0.25, 0.3) is 0 Å². The van der Waals surface area contributed by atoms with Gasteiger partial charge in [-0.3, -0.25) is 0 Å². The van der Waals surface area contributed by atoms with Gasteiger partial charge < -0.3 is 13.9 Å². The molecule has 0 spiro atoms. The van der Waals surface area contributed by atoms with Gasteiger partial charge in [-0.1, -0.05) is 30.3 Å². The molecule has 2 aliphatic carbocycles. The lowest BCUT2D eigenvalue weighted by molar-refractivity contribution is 0.0439. The third-order valence-electron chi connectivity index (χ3n) is 4.79. The van der Waals surface area contributed by atoms with E-state index in [0.717, 1.165) is 31.2 Å². The maximum absolute atomic E-state index is 12.6. The van der Waals surface area contributed by atoms with Crippen molar-refractivity contribution in [3.63, 3.8) is 0 Å². The summed E-state index contributed by atoms with van der Waals surface area (Å²) in [5, 5.41) is 0. The summed E-state index contributed by atoms with van der Waals surface area (Å²) in [5.41, 5.74) is 1.36. The molecule has 0 amide bonds. The minimum Gasteiger partial charge on any atom is -0.467 e. The number of esters is 2. The molecule has 5 heteroatoms. The van der Waals surface area contributed by atoms with E-state index in [1.807, 2.05) is 30.3 Å². The minimum absolute atomic E-state index is 0.164. The highest BCUT2D eigenvalue weighted by Gasteiger charge is 2.31. The SMILES string of the molecule is O=C(OCC1CC1)c1coc(Cc2ccccc2)c1C(=O)OCC1CC1. The monoisotopic (exact) mass is 354 g/mol. The van der Waals surface area contributed by atoms with Gasteiger partial charge in [-0.2, -0.15) is 0 Å². The van der Waals surface area contributed by atoms with Crippen LogP contribution < -0.4 is 0 Å². The van der Waals surface area contributed by atoms with Gasteiger partial charge >= 0.3 is 11.9 Å². The maximum atomic E-state index is 12.6. The quantitative estimate of drug-likeness (QED) is 0.670. The zero-order valence-corrected chi connectivity index (χ0v) is 14.6. The number of ether oxygens (including phenoxy) is 2. The molecular formula is C21H22O5. The molecule has 26 heavy (non-hydrogen) atoms. The number of rotatable bonds is 8. The zero-order valence-electron chi connectivity index (χ0n) is 14.6. The smallest absolute Gasteiger partial charge is 0.342 e. The molecule has 1 heterocycles. The lowest BCUT2D eigenvalue weighted by Gasteiger charge is -2.07. The molecule has 136 valence electrons. The van der Waals surface area contributed by atoms with E-state index in [9.17, 15) is 9.59 Å². The fraction of sp³-hybridized carbons (Fsp3) is 0.429. The first kappa shape index (κ1) is 16.9. The highest BCUT2D eigenvalue weighted by atomic mass is 16.5. The number of hydrogen-bond acceptors (Lipinski definition) is 5. The van der Waals surface area contributed by atoms with E-state index >= 15 is 0 Å². The predicted molar refractivity (Wildman–Crippen MR) is 94.0 cm³/mol. The van der Waals surface area contributed by atoms with Crippen LogP contribution in [0, 0.1) is 11.8 Å². The number of hydrogen-bond donors (Lipinski definition) is 0. The summed E-state index contributed by atoms with van der Waals surface area (Å²) >= 11 is 0. The van der Waals surface area contributed by atoms with Crippen molar-refractivity contribution in [2.75, 3.05) is 13.2 Å². The molecule has 1 aromatic heterocycles. The van der Waals surface area contributed by atoms with Crippen molar-refractivity contribution >= 4 is 11.9 Å². The Labute approximate surface area is 152 Å². The summed E-state index contributed by atoms with van der Waals surface area (Å²) in [4.78, 5) is 25.1. The lowest BCUT2D eigenvalue weighted by Crippen LogP contribution is -2.15. The molecular weight excluding hydrogens is 332 g/mol. The van der Waals surface area contributed by atoms with Crippen LogP contribution in [0.4, 0.5) is 0 Å². The van der Waals surface area contributed by atoms with Crippen LogP contribution in [0.2, 0.25) is 0 Å². The van der Waals surface area contributed by atoms with Crippen molar-refractivity contribution in [2.45, 2.75) is 32.1 Å². The summed E-state index contributed by atoms with van der Waals surface area (Å²) in [6.07, 6.45) is 6.10. The average Bonchev–Trinajstić information content (AvgIpc) is 3.57. The largest absolute Gasteiger partial charge is 0.467 e. The van der Waals surface area contributed by atoms with Crippen molar-refractivity contribution < 1.29 is 23.5 Å². The normalized spacial score (nSPS) is 16.3. The number of benzene rings is 1. The Morgan fingerprint density at radius 2 is 1.54 bits per heavy atom. The van der Waals surface area contributed by atoms with Gasteiger partial charge in [0, 0.05) is 6.42 Å². The standard InChI is InChI=1S/C21H22O5/c22-20(25-11-15-6-7-15)17-13-24-18(10-14-4-2-1-3-5-14)19(17)21(23)26-12-16-8-9-16/h1-5,13,15-16H,6-12H2. The van der Waals surface area contributed by atoms with Gasteiger partial charge in [-0.05, 0) is 43.1 Å². The van der Waals surface area contributed by atoms with E-state index in [1.54, 1.807) is 0 Å². The van der Waals surface area contributed by atoms with Crippen LogP contribution in [-0.2, 0) is 15.9 Å². The second kappa shape index (κ2) is 7.36. The van der Waals surface area contributed by atoms with Gasteiger partial charge in [-0.25, -0.2) is 9.59 Å². The van der Waals surface area contributed by atoms with Gasteiger partial charge in [0.25, 0.3) is 0 Å². The van der Waals surface area contributed by atoms with E-state index < -0.39 is 11.9 Å². The Hall–Kier alpha value is -2.56. The highest BCUT2D eigenvalue weighted by molar-refractivity contribution is 6.03. The van der Waals surface area contributed by atoms with E-state index in [0.29, 0.717) is 37.2 Å². The fourth-order valence-corrected chi connectivity index (χ4v) is 2.79. The highest BCUT2D eigenvalue weighted by Crippen LogP contribution is 2.31. The third kappa shape index (κ3) is 4.15. The van der Waals surface area contributed by atoms with Gasteiger partial charge in [-0.15, -0.1) is 0 Å². The van der Waals surface area contributed by atoms with Crippen LogP contribution in [0.5, 0.6) is 0 Å². The maximum Gasteiger partial charge on any atom is 0.342 e. The predicted octanol–water partition coefficient (Wildman–Crippen LogP) is 4.00. The molecule has 0 N–H and O–H groups in total. The molecule has 0 atom stereocenters. The Balaban J connectivity index is 1.54. The van der Waals surface area contributed by atoms with Crippen molar-refractivity contribution in [2.24, 2.45) is 11.8 Å². The van der Waals surface area contributed by atoms with Gasteiger partial charge in [0.1, 0.15) is 23.2 Å². The van der Waals surface area contributed by atoms with Crippen LogP contribution in [0.1, 0.15) is 57.7 Å². The first-order valence-electron chi connectivity index (χ1n) is 9.19. The van der Waals surface area contributed by atoms with Gasteiger partial charge in [0.05, 0.1) is 13.2 Å². The molecule has 0 radical (unpaired) electrons. The van der Waals surface area contributed by atoms with Crippen LogP contribution in [-0.4, -0.2) is 25.2 Å². The van der Waals surface area contributed by atoms with E-state index in [-0.39, 0.29) is 11.1 Å². The van der Waals surface area contributed by atoms with Crippen molar-refractivity contribution in [3.8, 4) is 0 Å². The first-order chi connectivity index (χ1) is 12.7. The third-order valence-corrected chi connectivity index (χ3v) is 4.79. The Morgan fingerprint density at radius 3 is 2.15 bits per heavy atom. The molecule has 0 aliphatic heterocycles. The lowest BCUT2D eigenvalue weighted by atomic mass is 10.0. The minimum atomic E-state index is -0.515. The van der Waals surface area contributed by atoms with E-state index in [2.05, 4.69) is 0 Å². The molecule has 0 saturated heterocycles. The number of carbonyl (C=O) groups excluding carboxylic acids is 2. The van der Waals surface area contributed by atoms with Crippen LogP contribution in [0.15, 0.2) is 41.0 Å². The molecule has 2 aliphatic rings. The van der Waals surface area contributed by atoms with Crippen molar-refractivity contribution in [1.29, 1.82) is 0 Å². The summed E-state index contributed by atoms with van der Waals surface area (Å²) in [7, 11) is 0. The second-order valence-corrected chi connectivity index (χ2v) is 7.19. The van der Waals surface area contributed by atoms with Crippen LogP contribution in [0.3, 0.4) is 0 Å². The van der Waals surface area contributed by atoms with Gasteiger partial charge in [0.15, 0.2) is 0 Å². The summed E-state index contributed by atoms with van der Waals surface area (Å²) in [6, 6.07) is 9.68. The molecule has 2 fully saturated rings. The van der Waals surface area contributed by atoms with Crippen molar-refractivity contribution in [3.05, 3.63) is 59.0 Å². The first-order valence-corrected chi connectivity index (χ1v) is 9.19. The molecule has 2 aromatic rings. The van der Waals surface area contributed by atoms with E-state index in [4.69, 9.17) is 13.9 Å². The summed E-state index contributed by atoms with van der Waals surface area (Å²) < 4.78 is 16.3. The zero-order chi connectivity index (χ0) is 17.9. The Kier molecular flexibility index (Phi) is 4.78. The summed E-state index contributed by atoms with van der Waals surface area (Å²) in [5.74, 6) is 0.331. The van der Waals surface area contributed by atoms with E-state index in [1.165, 1.54) is 6.26 Å². The number of furan rings is 1. The molecule has 2 saturated carbocycles. The Morgan fingerprint density at radius 1 is 0.923 bits per heavy atom.